The van der Waals surface area contributed by atoms with Gasteiger partial charge in [-0.2, -0.15) is 13.2 Å². The normalized spacial score (nSPS) is 12.2. The van der Waals surface area contributed by atoms with Gasteiger partial charge in [0.1, 0.15) is 11.4 Å². The van der Waals surface area contributed by atoms with Gasteiger partial charge in [-0.3, -0.25) is 14.6 Å². The Balaban J connectivity index is 0.000000505. The number of anilines is 2. The van der Waals surface area contributed by atoms with Gasteiger partial charge >= 0.3 is 12.1 Å². The molecule has 0 atom stereocenters. The van der Waals surface area contributed by atoms with Gasteiger partial charge in [-0.1, -0.05) is 6.07 Å². The number of benzene rings is 1. The third kappa shape index (κ3) is 6.08. The lowest BCUT2D eigenvalue weighted by atomic mass is 10.0. The number of aliphatic carboxylic acids is 1. The number of carbonyl (C=O) groups excluding carboxylic acids is 2. The zero-order valence-corrected chi connectivity index (χ0v) is 20.3. The number of aliphatic hydroxyl groups excluding tert-OH is 1. The number of hydrogen-bond donors (Lipinski definition) is 4. The van der Waals surface area contributed by atoms with Crippen LogP contribution in [0.25, 0.3) is 10.9 Å². The molecule has 0 unspecified atom stereocenters. The van der Waals surface area contributed by atoms with Crippen LogP contribution in [0.15, 0.2) is 30.5 Å². The summed E-state index contributed by atoms with van der Waals surface area (Å²) >= 11 is 0. The van der Waals surface area contributed by atoms with Crippen LogP contribution in [0.2, 0.25) is 0 Å². The molecule has 1 aliphatic rings. The van der Waals surface area contributed by atoms with E-state index < -0.39 is 18.1 Å². The maximum atomic E-state index is 12.8. The molecule has 14 heteroatoms. The number of fused-ring (bicyclic) bond motifs is 2. The number of nitrogens with two attached hydrogens (primary N) is 1. The molecule has 1 aromatic carbocycles. The first-order chi connectivity index (χ1) is 17.8. The van der Waals surface area contributed by atoms with E-state index in [-0.39, 0.29) is 30.3 Å². The van der Waals surface area contributed by atoms with Crippen molar-refractivity contribution in [3.8, 4) is 5.75 Å². The Labute approximate surface area is 214 Å². The molecule has 0 spiro atoms. The standard InChI is InChI=1S/C22H23N5O4.C2HF3O2/c1-12-19-14(10-17(25-12)22(30)27(2)7-8-28)20(15(11-24-19)21(23)29)26-16-4-3-5-18-13(16)6-9-31-18;3-2(4,5)1(6)7/h3-5,10-11,28H,6-9H2,1-2H3,(H2,23,29)(H,24,26);(H,6,7). The zero-order chi connectivity index (χ0) is 28.2. The fourth-order valence-electron chi connectivity index (χ4n) is 3.71. The Kier molecular flexibility index (Phi) is 8.36. The van der Waals surface area contributed by atoms with E-state index >= 15 is 0 Å². The van der Waals surface area contributed by atoms with Crippen LogP contribution in [-0.2, 0) is 11.2 Å². The zero-order valence-electron chi connectivity index (χ0n) is 20.3. The molecule has 0 saturated carbocycles. The summed E-state index contributed by atoms with van der Waals surface area (Å²) in [5, 5.41) is 20.2. The van der Waals surface area contributed by atoms with E-state index in [9.17, 15) is 22.8 Å². The molecular formula is C24H24F3N5O6. The molecule has 0 bridgehead atoms. The maximum Gasteiger partial charge on any atom is 0.490 e. The van der Waals surface area contributed by atoms with E-state index in [1.807, 2.05) is 18.2 Å². The molecule has 2 amide bonds. The summed E-state index contributed by atoms with van der Waals surface area (Å²) in [6.07, 6.45) is -2.93. The van der Waals surface area contributed by atoms with E-state index in [1.54, 1.807) is 20.0 Å². The number of pyridine rings is 2. The number of primary amides is 1. The number of rotatable bonds is 6. The van der Waals surface area contributed by atoms with Crippen LogP contribution in [-0.4, -0.2) is 75.8 Å². The first-order valence-electron chi connectivity index (χ1n) is 11.1. The van der Waals surface area contributed by atoms with Crippen molar-refractivity contribution in [1.82, 2.24) is 14.9 Å². The van der Waals surface area contributed by atoms with Gasteiger partial charge in [0.15, 0.2) is 0 Å². The first kappa shape index (κ1) is 28.1. The third-order valence-corrected chi connectivity index (χ3v) is 5.54. The number of amides is 2. The predicted molar refractivity (Wildman–Crippen MR) is 129 cm³/mol. The molecule has 11 nitrogen and oxygen atoms in total. The summed E-state index contributed by atoms with van der Waals surface area (Å²) in [6, 6.07) is 7.26. The minimum atomic E-state index is -5.08. The Hall–Kier alpha value is -4.46. The lowest BCUT2D eigenvalue weighted by Crippen LogP contribution is -2.30. The number of carboxylic acid groups (broad SMARTS) is 1. The molecule has 0 aliphatic carbocycles. The van der Waals surface area contributed by atoms with Crippen molar-refractivity contribution in [3.05, 3.63) is 53.0 Å². The number of halogens is 3. The number of hydrogen-bond acceptors (Lipinski definition) is 8. The van der Waals surface area contributed by atoms with Crippen LogP contribution in [0.4, 0.5) is 24.5 Å². The average Bonchev–Trinajstić information content (AvgIpc) is 3.33. The van der Waals surface area contributed by atoms with Gasteiger partial charge in [0.05, 0.1) is 35.7 Å². The maximum absolute atomic E-state index is 12.8. The van der Waals surface area contributed by atoms with E-state index in [4.69, 9.17) is 25.5 Å². The van der Waals surface area contributed by atoms with Crippen LogP contribution in [0.5, 0.6) is 5.75 Å². The summed E-state index contributed by atoms with van der Waals surface area (Å²) in [7, 11) is 1.59. The van der Waals surface area contributed by atoms with Crippen molar-refractivity contribution >= 4 is 40.1 Å². The van der Waals surface area contributed by atoms with E-state index in [1.165, 1.54) is 11.1 Å². The van der Waals surface area contributed by atoms with Gasteiger partial charge < -0.3 is 30.9 Å². The number of carboxylic acids is 1. The van der Waals surface area contributed by atoms with Crippen molar-refractivity contribution < 1.29 is 42.5 Å². The molecule has 202 valence electrons. The highest BCUT2D eigenvalue weighted by Crippen LogP contribution is 2.36. The Morgan fingerprint density at radius 1 is 1.26 bits per heavy atom. The average molecular weight is 535 g/mol. The fraction of sp³-hybridized carbons (Fsp3) is 0.292. The summed E-state index contributed by atoms with van der Waals surface area (Å²) in [5.74, 6) is -2.94. The lowest BCUT2D eigenvalue weighted by Gasteiger charge is -2.18. The summed E-state index contributed by atoms with van der Waals surface area (Å²) in [6.45, 7) is 2.36. The molecular weight excluding hydrogens is 511 g/mol. The molecule has 4 rings (SSSR count). The number of likely N-dealkylation sites (N-methyl/N-ethyl adjacent to an activating group) is 1. The second-order valence-electron chi connectivity index (χ2n) is 8.16. The van der Waals surface area contributed by atoms with Gasteiger partial charge in [-0.15, -0.1) is 0 Å². The number of aryl methyl sites for hydroxylation is 1. The van der Waals surface area contributed by atoms with E-state index in [0.717, 1.165) is 23.4 Å². The van der Waals surface area contributed by atoms with Crippen LogP contribution in [0.1, 0.15) is 32.1 Å². The van der Waals surface area contributed by atoms with Crippen LogP contribution in [0, 0.1) is 6.92 Å². The topological polar surface area (TPSA) is 168 Å². The Morgan fingerprint density at radius 2 is 1.95 bits per heavy atom. The van der Waals surface area contributed by atoms with Crippen LogP contribution in [0.3, 0.4) is 0 Å². The van der Waals surface area contributed by atoms with Gasteiger partial charge in [0.2, 0.25) is 0 Å². The van der Waals surface area contributed by atoms with E-state index in [0.29, 0.717) is 28.9 Å². The van der Waals surface area contributed by atoms with Crippen molar-refractivity contribution in [3.63, 3.8) is 0 Å². The summed E-state index contributed by atoms with van der Waals surface area (Å²) in [5.41, 5.74) is 9.39. The SMILES string of the molecule is Cc1nc(C(=O)N(C)CCO)cc2c(Nc3cccc4c3CCO4)c(C(N)=O)cnc12.O=C(O)C(F)(F)F. The van der Waals surface area contributed by atoms with Gasteiger partial charge in [0.25, 0.3) is 11.8 Å². The van der Waals surface area contributed by atoms with Gasteiger partial charge in [-0.05, 0) is 25.1 Å². The smallest absolute Gasteiger partial charge is 0.490 e. The van der Waals surface area contributed by atoms with Crippen molar-refractivity contribution in [2.45, 2.75) is 19.5 Å². The van der Waals surface area contributed by atoms with Gasteiger partial charge in [-0.25, -0.2) is 9.78 Å². The number of aliphatic hydroxyl groups is 1. The quantitative estimate of drug-likeness (QED) is 0.370. The lowest BCUT2D eigenvalue weighted by molar-refractivity contribution is -0.192. The number of nitrogens with one attached hydrogen (secondary N) is 1. The number of nitrogens with zero attached hydrogens (tertiary/aromatic N) is 3. The largest absolute Gasteiger partial charge is 0.493 e. The van der Waals surface area contributed by atoms with E-state index in [2.05, 4.69) is 15.3 Å². The minimum Gasteiger partial charge on any atom is -0.493 e. The minimum absolute atomic E-state index is 0.157. The molecule has 0 fully saturated rings. The Bertz CT molecular complexity index is 1400. The second kappa shape index (κ2) is 11.3. The monoisotopic (exact) mass is 535 g/mol. The molecule has 38 heavy (non-hydrogen) atoms. The molecule has 2 aromatic heterocycles. The van der Waals surface area contributed by atoms with Gasteiger partial charge in [0, 0.05) is 42.8 Å². The van der Waals surface area contributed by atoms with Crippen LogP contribution >= 0.6 is 0 Å². The Morgan fingerprint density at radius 3 is 2.55 bits per heavy atom. The number of carbonyl (C=O) groups is 3. The number of alkyl halides is 3. The third-order valence-electron chi connectivity index (χ3n) is 5.54. The molecule has 5 N–H and O–H groups in total. The second-order valence-corrected chi connectivity index (χ2v) is 8.16. The molecule has 0 radical (unpaired) electrons. The summed E-state index contributed by atoms with van der Waals surface area (Å²) in [4.78, 5) is 44.0. The highest BCUT2D eigenvalue weighted by atomic mass is 19.4. The molecule has 3 aromatic rings. The fourth-order valence-corrected chi connectivity index (χ4v) is 3.71. The number of aromatic nitrogens is 2. The first-order valence-corrected chi connectivity index (χ1v) is 11.1. The van der Waals surface area contributed by atoms with Crippen molar-refractivity contribution in [2.75, 3.05) is 32.1 Å². The molecule has 0 saturated heterocycles. The summed E-state index contributed by atoms with van der Waals surface area (Å²) < 4.78 is 37.4. The molecule has 3 heterocycles. The predicted octanol–water partition coefficient (Wildman–Crippen LogP) is 2.41. The molecule has 1 aliphatic heterocycles. The van der Waals surface area contributed by atoms with Crippen molar-refractivity contribution in [1.29, 1.82) is 0 Å². The highest BCUT2D eigenvalue weighted by Gasteiger charge is 2.38. The van der Waals surface area contributed by atoms with Crippen LogP contribution < -0.4 is 15.8 Å². The highest BCUT2D eigenvalue weighted by molar-refractivity contribution is 6.09. The van der Waals surface area contributed by atoms with Crippen molar-refractivity contribution in [2.24, 2.45) is 5.73 Å². The number of ether oxygens (including phenoxy) is 1.